The minimum Gasteiger partial charge on any atom is -0.300 e. The third-order valence-electron chi connectivity index (χ3n) is 2.70. The topological polar surface area (TPSA) is 17.1 Å². The number of carbonyl (C=O) groups is 1. The van der Waals surface area contributed by atoms with Crippen molar-refractivity contribution in [3.63, 3.8) is 0 Å². The van der Waals surface area contributed by atoms with E-state index in [2.05, 4.69) is 0 Å². The predicted molar refractivity (Wildman–Crippen MR) is 53.5 cm³/mol. The minimum absolute atomic E-state index is 0.0338. The van der Waals surface area contributed by atoms with Crippen molar-refractivity contribution in [2.24, 2.45) is 11.3 Å². The van der Waals surface area contributed by atoms with Gasteiger partial charge in [0.25, 0.3) is 0 Å². The van der Waals surface area contributed by atoms with Crippen LogP contribution >= 0.6 is 0 Å². The van der Waals surface area contributed by atoms with Crippen molar-refractivity contribution in [1.29, 1.82) is 0 Å². The highest BCUT2D eigenvalue weighted by Gasteiger charge is 2.29. The lowest BCUT2D eigenvalue weighted by atomic mass is 9.79. The van der Waals surface area contributed by atoms with Gasteiger partial charge in [-0.1, -0.05) is 27.7 Å². The molecule has 15 heavy (non-hydrogen) atoms. The highest BCUT2D eigenvalue weighted by Crippen LogP contribution is 2.29. The lowest BCUT2D eigenvalue weighted by Crippen LogP contribution is -2.21. The number of halogens is 3. The Bertz CT molecular complexity index is 213. The molecule has 0 aromatic carbocycles. The molecule has 0 heterocycles. The fourth-order valence-corrected chi connectivity index (χ4v) is 1.03. The van der Waals surface area contributed by atoms with Crippen molar-refractivity contribution in [2.75, 3.05) is 0 Å². The fourth-order valence-electron chi connectivity index (χ4n) is 1.03. The van der Waals surface area contributed by atoms with Gasteiger partial charge in [0.05, 0.1) is 6.42 Å². The van der Waals surface area contributed by atoms with Crippen LogP contribution in [0.2, 0.25) is 0 Å². The first-order chi connectivity index (χ1) is 6.52. The van der Waals surface area contributed by atoms with Crippen molar-refractivity contribution >= 4 is 5.78 Å². The molecule has 90 valence electrons. The van der Waals surface area contributed by atoms with Gasteiger partial charge in [0.2, 0.25) is 0 Å². The van der Waals surface area contributed by atoms with Gasteiger partial charge >= 0.3 is 6.18 Å². The molecule has 0 aliphatic carbocycles. The summed E-state index contributed by atoms with van der Waals surface area (Å²) in [4.78, 5) is 11.2. The van der Waals surface area contributed by atoms with E-state index in [9.17, 15) is 18.0 Å². The maximum Gasteiger partial charge on any atom is 0.389 e. The van der Waals surface area contributed by atoms with Gasteiger partial charge in [-0.2, -0.15) is 13.2 Å². The van der Waals surface area contributed by atoms with Crippen LogP contribution in [-0.4, -0.2) is 12.0 Å². The fraction of sp³-hybridized carbons (Fsp3) is 0.909. The maximum absolute atomic E-state index is 11.8. The number of Topliss-reactive ketones (excluding diaryl/α,β-unsaturated/α-hetero) is 1. The van der Waals surface area contributed by atoms with E-state index < -0.39 is 12.6 Å². The van der Waals surface area contributed by atoms with Crippen LogP contribution in [0.4, 0.5) is 13.2 Å². The van der Waals surface area contributed by atoms with E-state index in [1.807, 2.05) is 27.7 Å². The van der Waals surface area contributed by atoms with Crippen LogP contribution in [0.3, 0.4) is 0 Å². The van der Waals surface area contributed by atoms with E-state index in [0.29, 0.717) is 0 Å². The first-order valence-corrected chi connectivity index (χ1v) is 5.11. The molecule has 1 atom stereocenters. The molecule has 1 nitrogen and oxygen atoms in total. The van der Waals surface area contributed by atoms with E-state index in [-0.39, 0.29) is 30.0 Å². The monoisotopic (exact) mass is 224 g/mol. The number of carbonyl (C=O) groups excluding carboxylic acids is 1. The largest absolute Gasteiger partial charge is 0.389 e. The second kappa shape index (κ2) is 4.99. The van der Waals surface area contributed by atoms with Gasteiger partial charge in [0, 0.05) is 12.8 Å². The molecule has 0 aromatic heterocycles. The Morgan fingerprint density at radius 2 is 1.67 bits per heavy atom. The molecule has 0 bridgehead atoms. The Morgan fingerprint density at radius 3 is 2.00 bits per heavy atom. The molecule has 0 radical (unpaired) electrons. The summed E-state index contributed by atoms with van der Waals surface area (Å²) in [5, 5.41) is 0. The first kappa shape index (κ1) is 14.5. The zero-order valence-electron chi connectivity index (χ0n) is 9.74. The Balaban J connectivity index is 3.96. The van der Waals surface area contributed by atoms with Gasteiger partial charge < -0.3 is 0 Å². The minimum atomic E-state index is -4.22. The number of alkyl halides is 3. The maximum atomic E-state index is 11.8. The van der Waals surface area contributed by atoms with E-state index in [1.165, 1.54) is 0 Å². The Kier molecular flexibility index (Phi) is 4.81. The molecule has 4 heteroatoms. The molecule has 0 saturated carbocycles. The number of hydrogen-bond donors (Lipinski definition) is 0. The quantitative estimate of drug-likeness (QED) is 0.706. The van der Waals surface area contributed by atoms with Gasteiger partial charge in [-0.25, -0.2) is 0 Å². The van der Waals surface area contributed by atoms with Crippen LogP contribution in [0.15, 0.2) is 0 Å². The molecule has 0 amide bonds. The molecule has 0 aromatic rings. The summed E-state index contributed by atoms with van der Waals surface area (Å²) in [6, 6.07) is 0. The summed E-state index contributed by atoms with van der Waals surface area (Å²) in [6.45, 7) is 7.84. The molecule has 0 fully saturated rings. The highest BCUT2D eigenvalue weighted by molar-refractivity contribution is 5.78. The molecule has 0 rings (SSSR count). The normalized spacial score (nSPS) is 15.1. The summed E-state index contributed by atoms with van der Waals surface area (Å²) in [7, 11) is 0. The van der Waals surface area contributed by atoms with E-state index in [4.69, 9.17) is 0 Å². The Morgan fingerprint density at radius 1 is 1.20 bits per heavy atom. The van der Waals surface area contributed by atoms with Gasteiger partial charge in [0.1, 0.15) is 5.78 Å². The lowest BCUT2D eigenvalue weighted by Gasteiger charge is -2.26. The summed E-state index contributed by atoms with van der Waals surface area (Å²) in [5.74, 6) is -0.187. The van der Waals surface area contributed by atoms with Gasteiger partial charge in [-0.15, -0.1) is 0 Å². The van der Waals surface area contributed by atoms with Crippen molar-refractivity contribution < 1.29 is 18.0 Å². The van der Waals surface area contributed by atoms with E-state index >= 15 is 0 Å². The highest BCUT2D eigenvalue weighted by atomic mass is 19.4. The molecule has 0 N–H and O–H groups in total. The molecule has 0 aliphatic heterocycles. The standard InChI is InChI=1S/C11H19F3O/c1-8(10(2,3)4)7-9(15)5-6-11(12,13)14/h8H,5-7H2,1-4H3. The average Bonchev–Trinajstić information content (AvgIpc) is 1.97. The van der Waals surface area contributed by atoms with Crippen LogP contribution in [0.25, 0.3) is 0 Å². The van der Waals surface area contributed by atoms with Crippen LogP contribution < -0.4 is 0 Å². The molecular formula is C11H19F3O. The van der Waals surface area contributed by atoms with Crippen molar-refractivity contribution in [3.8, 4) is 0 Å². The molecule has 0 saturated heterocycles. The van der Waals surface area contributed by atoms with Crippen molar-refractivity contribution in [1.82, 2.24) is 0 Å². The van der Waals surface area contributed by atoms with Crippen LogP contribution in [0.5, 0.6) is 0 Å². The number of ketones is 1. The van der Waals surface area contributed by atoms with Crippen LogP contribution in [0.1, 0.15) is 47.0 Å². The third kappa shape index (κ3) is 7.40. The van der Waals surface area contributed by atoms with Crippen molar-refractivity contribution in [2.45, 2.75) is 53.1 Å². The number of rotatable bonds is 4. The average molecular weight is 224 g/mol. The predicted octanol–water partition coefficient (Wildman–Crippen LogP) is 3.97. The van der Waals surface area contributed by atoms with Gasteiger partial charge in [-0.3, -0.25) is 4.79 Å². The Hall–Kier alpha value is -0.540. The Labute approximate surface area is 89.0 Å². The van der Waals surface area contributed by atoms with Crippen molar-refractivity contribution in [3.05, 3.63) is 0 Å². The van der Waals surface area contributed by atoms with Gasteiger partial charge in [0.15, 0.2) is 0 Å². The molecule has 0 spiro atoms. The van der Waals surface area contributed by atoms with Crippen LogP contribution in [0, 0.1) is 11.3 Å². The van der Waals surface area contributed by atoms with Crippen LogP contribution in [-0.2, 0) is 4.79 Å². The summed E-state index contributed by atoms with van der Waals surface area (Å²) in [5.41, 5.74) is -0.0338. The molecule has 0 aliphatic rings. The summed E-state index contributed by atoms with van der Waals surface area (Å²) < 4.78 is 35.5. The molecular weight excluding hydrogens is 205 g/mol. The third-order valence-corrected chi connectivity index (χ3v) is 2.70. The first-order valence-electron chi connectivity index (χ1n) is 5.11. The zero-order valence-corrected chi connectivity index (χ0v) is 9.74. The molecule has 1 unspecified atom stereocenters. The second-order valence-corrected chi connectivity index (χ2v) is 5.13. The lowest BCUT2D eigenvalue weighted by molar-refractivity contribution is -0.143. The number of hydrogen-bond acceptors (Lipinski definition) is 1. The summed E-state index contributed by atoms with van der Waals surface area (Å²) in [6.07, 6.45) is -5.37. The zero-order chi connectivity index (χ0) is 12.3. The summed E-state index contributed by atoms with van der Waals surface area (Å²) >= 11 is 0. The van der Waals surface area contributed by atoms with Gasteiger partial charge in [-0.05, 0) is 11.3 Å². The SMILES string of the molecule is CC(CC(=O)CCC(F)(F)F)C(C)(C)C. The van der Waals surface area contributed by atoms with E-state index in [1.54, 1.807) is 0 Å². The smallest absolute Gasteiger partial charge is 0.300 e. The van der Waals surface area contributed by atoms with E-state index in [0.717, 1.165) is 0 Å². The second-order valence-electron chi connectivity index (χ2n) is 5.13.